The average Bonchev–Trinajstić information content (AvgIpc) is 3.19. The Morgan fingerprint density at radius 3 is 2.70 bits per heavy atom. The summed E-state index contributed by atoms with van der Waals surface area (Å²) in [6.45, 7) is 7.15. The summed E-state index contributed by atoms with van der Waals surface area (Å²) in [5.41, 5.74) is 8.10. The molecule has 108 valence electrons. The second kappa shape index (κ2) is 5.58. The molecule has 1 heterocycles. The normalized spacial score (nSPS) is 15.7. The van der Waals surface area contributed by atoms with Crippen LogP contribution in [0.4, 0.5) is 0 Å². The van der Waals surface area contributed by atoms with Crippen molar-refractivity contribution in [2.45, 2.75) is 45.8 Å². The summed E-state index contributed by atoms with van der Waals surface area (Å²) in [4.78, 5) is 2.55. The molecule has 0 unspecified atom stereocenters. The molecule has 2 N–H and O–H groups in total. The molecule has 1 saturated carbocycles. The third-order valence-corrected chi connectivity index (χ3v) is 4.25. The number of rotatable bonds is 6. The van der Waals surface area contributed by atoms with Crippen LogP contribution in [0, 0.1) is 5.92 Å². The lowest BCUT2D eigenvalue weighted by Crippen LogP contribution is -2.32. The largest absolute Gasteiger partial charge is 0.459 e. The van der Waals surface area contributed by atoms with Gasteiger partial charge in [-0.15, -0.1) is 0 Å². The lowest BCUT2D eigenvalue weighted by Gasteiger charge is -2.26. The Hall–Kier alpha value is -1.32. The highest BCUT2D eigenvalue weighted by molar-refractivity contribution is 5.82. The van der Waals surface area contributed by atoms with E-state index in [1.807, 2.05) is 12.1 Å². The van der Waals surface area contributed by atoms with E-state index in [0.717, 1.165) is 23.8 Å². The number of para-hydroxylation sites is 1. The number of fused-ring (bicyclic) bond motifs is 1. The predicted molar refractivity (Wildman–Crippen MR) is 82.4 cm³/mol. The van der Waals surface area contributed by atoms with Crippen molar-refractivity contribution in [3.63, 3.8) is 0 Å². The number of hydrogen-bond acceptors (Lipinski definition) is 3. The summed E-state index contributed by atoms with van der Waals surface area (Å²) in [5, 5.41) is 1.22. The van der Waals surface area contributed by atoms with Gasteiger partial charge in [0, 0.05) is 30.1 Å². The zero-order valence-corrected chi connectivity index (χ0v) is 12.4. The van der Waals surface area contributed by atoms with E-state index in [-0.39, 0.29) is 0 Å². The van der Waals surface area contributed by atoms with Gasteiger partial charge >= 0.3 is 0 Å². The van der Waals surface area contributed by atoms with E-state index in [0.29, 0.717) is 12.6 Å². The van der Waals surface area contributed by atoms with Crippen LogP contribution in [0.5, 0.6) is 0 Å². The Morgan fingerprint density at radius 1 is 1.30 bits per heavy atom. The van der Waals surface area contributed by atoms with Crippen LogP contribution in [0.2, 0.25) is 0 Å². The van der Waals surface area contributed by atoms with Crippen LogP contribution in [0.3, 0.4) is 0 Å². The van der Waals surface area contributed by atoms with Crippen molar-refractivity contribution in [1.29, 1.82) is 0 Å². The van der Waals surface area contributed by atoms with E-state index in [4.69, 9.17) is 10.2 Å². The molecule has 1 aliphatic rings. The average molecular weight is 272 g/mol. The van der Waals surface area contributed by atoms with Crippen molar-refractivity contribution in [3.05, 3.63) is 35.6 Å². The lowest BCUT2D eigenvalue weighted by atomic mass is 10.1. The minimum Gasteiger partial charge on any atom is -0.459 e. The third kappa shape index (κ3) is 2.74. The Bertz CT molecular complexity index is 584. The number of furan rings is 1. The molecule has 3 rings (SSSR count). The number of hydrogen-bond donors (Lipinski definition) is 1. The van der Waals surface area contributed by atoms with Gasteiger partial charge in [0.15, 0.2) is 0 Å². The number of nitrogens with zero attached hydrogens (tertiary/aromatic N) is 1. The molecule has 1 fully saturated rings. The van der Waals surface area contributed by atoms with Gasteiger partial charge in [-0.2, -0.15) is 0 Å². The van der Waals surface area contributed by atoms with E-state index >= 15 is 0 Å². The van der Waals surface area contributed by atoms with Gasteiger partial charge in [0.05, 0.1) is 6.54 Å². The fraction of sp³-hybridized carbons (Fsp3) is 0.529. The summed E-state index contributed by atoms with van der Waals surface area (Å²) in [6, 6.07) is 8.80. The first-order valence-electron chi connectivity index (χ1n) is 7.62. The van der Waals surface area contributed by atoms with Gasteiger partial charge in [0.25, 0.3) is 0 Å². The molecule has 0 radical (unpaired) electrons. The Balaban J connectivity index is 1.90. The molecule has 3 heteroatoms. The first kappa shape index (κ1) is 13.7. The Morgan fingerprint density at radius 2 is 2.05 bits per heavy atom. The smallest absolute Gasteiger partial charge is 0.134 e. The van der Waals surface area contributed by atoms with Gasteiger partial charge in [0.1, 0.15) is 11.3 Å². The second-order valence-corrected chi connectivity index (χ2v) is 6.17. The molecule has 20 heavy (non-hydrogen) atoms. The summed E-state index contributed by atoms with van der Waals surface area (Å²) in [5.74, 6) is 1.84. The topological polar surface area (TPSA) is 42.4 Å². The van der Waals surface area contributed by atoms with Crippen molar-refractivity contribution in [2.75, 3.05) is 6.54 Å². The van der Waals surface area contributed by atoms with E-state index in [9.17, 15) is 0 Å². The second-order valence-electron chi connectivity index (χ2n) is 6.17. The highest BCUT2D eigenvalue weighted by atomic mass is 16.3. The van der Waals surface area contributed by atoms with Crippen LogP contribution in [0.25, 0.3) is 11.0 Å². The van der Waals surface area contributed by atoms with Crippen molar-refractivity contribution >= 4 is 11.0 Å². The molecular formula is C17H24N2O. The molecule has 0 aliphatic heterocycles. The summed E-state index contributed by atoms with van der Waals surface area (Å²) >= 11 is 0. The highest BCUT2D eigenvalue weighted by Gasteiger charge is 2.26. The first-order valence-corrected chi connectivity index (χ1v) is 7.62. The van der Waals surface area contributed by atoms with Gasteiger partial charge < -0.3 is 10.2 Å². The van der Waals surface area contributed by atoms with Crippen LogP contribution in [0.15, 0.2) is 28.7 Å². The molecule has 0 saturated heterocycles. The first-order chi connectivity index (χ1) is 9.69. The van der Waals surface area contributed by atoms with E-state index in [1.165, 1.54) is 30.3 Å². The molecule has 1 aromatic heterocycles. The number of nitrogens with two attached hydrogens (primary N) is 1. The zero-order valence-electron chi connectivity index (χ0n) is 12.4. The maximum atomic E-state index is 5.90. The van der Waals surface area contributed by atoms with Crippen LogP contribution in [-0.4, -0.2) is 17.5 Å². The summed E-state index contributed by atoms with van der Waals surface area (Å²) in [7, 11) is 0. The van der Waals surface area contributed by atoms with Gasteiger partial charge in [-0.3, -0.25) is 4.90 Å². The monoisotopic (exact) mass is 272 g/mol. The lowest BCUT2D eigenvalue weighted by molar-refractivity contribution is 0.203. The molecule has 3 nitrogen and oxygen atoms in total. The predicted octanol–water partition coefficient (Wildman–Crippen LogP) is 3.51. The molecule has 0 bridgehead atoms. The highest BCUT2D eigenvalue weighted by Crippen LogP contribution is 2.32. The van der Waals surface area contributed by atoms with E-state index < -0.39 is 0 Å². The van der Waals surface area contributed by atoms with Crippen molar-refractivity contribution in [2.24, 2.45) is 11.7 Å². The fourth-order valence-electron chi connectivity index (χ4n) is 2.78. The van der Waals surface area contributed by atoms with E-state index in [2.05, 4.69) is 30.9 Å². The maximum absolute atomic E-state index is 5.90. The van der Waals surface area contributed by atoms with Gasteiger partial charge in [-0.05, 0) is 38.7 Å². The Kier molecular flexibility index (Phi) is 3.81. The standard InChI is InChI=1S/C17H24N2O/c1-12(2)19(10-13-7-8-13)11-15-14-5-3-4-6-16(14)20-17(15)9-18/h3-6,12-13H,7-11,18H2,1-2H3. The quantitative estimate of drug-likeness (QED) is 0.875. The Labute approximate surface area is 120 Å². The van der Waals surface area contributed by atoms with Crippen LogP contribution >= 0.6 is 0 Å². The molecule has 0 amide bonds. The maximum Gasteiger partial charge on any atom is 0.134 e. The van der Waals surface area contributed by atoms with E-state index in [1.54, 1.807) is 0 Å². The minimum absolute atomic E-state index is 0.472. The molecule has 1 aromatic carbocycles. The SMILES string of the molecule is CC(C)N(Cc1c(CN)oc2ccccc12)CC1CC1. The fourth-order valence-corrected chi connectivity index (χ4v) is 2.78. The van der Waals surface area contributed by atoms with Gasteiger partial charge in [-0.25, -0.2) is 0 Å². The van der Waals surface area contributed by atoms with Crippen LogP contribution < -0.4 is 5.73 Å². The van der Waals surface area contributed by atoms with Gasteiger partial charge in [0.2, 0.25) is 0 Å². The van der Waals surface area contributed by atoms with Crippen molar-refractivity contribution < 1.29 is 4.42 Å². The summed E-state index contributed by atoms with van der Waals surface area (Å²) in [6.07, 6.45) is 2.78. The minimum atomic E-state index is 0.472. The molecule has 0 atom stereocenters. The van der Waals surface area contributed by atoms with Crippen molar-refractivity contribution in [3.8, 4) is 0 Å². The molecule has 0 spiro atoms. The third-order valence-electron chi connectivity index (χ3n) is 4.25. The molecule has 1 aliphatic carbocycles. The van der Waals surface area contributed by atoms with Crippen LogP contribution in [-0.2, 0) is 13.1 Å². The molecule has 2 aromatic rings. The number of benzene rings is 1. The summed E-state index contributed by atoms with van der Waals surface area (Å²) < 4.78 is 5.90. The van der Waals surface area contributed by atoms with Crippen LogP contribution in [0.1, 0.15) is 38.0 Å². The molecular weight excluding hydrogens is 248 g/mol. The van der Waals surface area contributed by atoms with Gasteiger partial charge in [-0.1, -0.05) is 18.2 Å². The zero-order chi connectivity index (χ0) is 14.1. The van der Waals surface area contributed by atoms with Crippen molar-refractivity contribution in [1.82, 2.24) is 4.90 Å².